The monoisotopic (exact) mass is 380 g/mol. The van der Waals surface area contributed by atoms with Crippen LogP contribution in [-0.4, -0.2) is 80.5 Å². The topological polar surface area (TPSA) is 90.0 Å². The van der Waals surface area contributed by atoms with Crippen LogP contribution >= 0.6 is 0 Å². The zero-order chi connectivity index (χ0) is 18.9. The molecule has 3 amide bonds. The number of carbonyl (C=O) groups is 2. The number of hydrogen-bond donors (Lipinski definition) is 1. The summed E-state index contributed by atoms with van der Waals surface area (Å²) in [6, 6.07) is 8.82. The highest BCUT2D eigenvalue weighted by Gasteiger charge is 2.47. The summed E-state index contributed by atoms with van der Waals surface area (Å²) in [5.74, 6) is -0.0243. The molecule has 2 fully saturated rings. The molecule has 2 aliphatic rings. The van der Waals surface area contributed by atoms with Crippen LogP contribution in [-0.2, 0) is 14.8 Å². The number of para-hydroxylation sites is 1. The lowest BCUT2D eigenvalue weighted by molar-refractivity contribution is -0.126. The Morgan fingerprint density at radius 3 is 2.38 bits per heavy atom. The molecule has 1 atom stereocenters. The third-order valence-electron chi connectivity index (χ3n) is 4.96. The number of amides is 3. The Morgan fingerprint density at radius 1 is 1.12 bits per heavy atom. The molecule has 1 spiro atoms. The summed E-state index contributed by atoms with van der Waals surface area (Å²) < 4.78 is 25.6. The van der Waals surface area contributed by atoms with Gasteiger partial charge in [-0.25, -0.2) is 13.2 Å². The first kappa shape index (κ1) is 18.7. The summed E-state index contributed by atoms with van der Waals surface area (Å²) in [6.45, 7) is 1.53. The van der Waals surface area contributed by atoms with E-state index in [4.69, 9.17) is 0 Å². The van der Waals surface area contributed by atoms with Gasteiger partial charge in [-0.1, -0.05) is 18.2 Å². The molecule has 0 radical (unpaired) electrons. The van der Waals surface area contributed by atoms with Crippen molar-refractivity contribution >= 4 is 27.6 Å². The second-order valence-electron chi connectivity index (χ2n) is 7.24. The minimum atomic E-state index is -3.41. The Bertz CT molecular complexity index is 798. The molecular weight excluding hydrogens is 356 g/mol. The molecule has 0 aliphatic carbocycles. The summed E-state index contributed by atoms with van der Waals surface area (Å²) in [4.78, 5) is 28.1. The average molecular weight is 380 g/mol. The highest BCUT2D eigenvalue weighted by atomic mass is 32.2. The second kappa shape index (κ2) is 6.88. The van der Waals surface area contributed by atoms with Gasteiger partial charge in [-0.15, -0.1) is 0 Å². The van der Waals surface area contributed by atoms with Gasteiger partial charge in [-0.05, 0) is 12.1 Å². The highest BCUT2D eigenvalue weighted by Crippen LogP contribution is 2.35. The molecule has 1 N–H and O–H groups in total. The molecule has 1 aromatic rings. The normalized spacial score (nSPS) is 24.8. The van der Waals surface area contributed by atoms with Gasteiger partial charge in [0.05, 0.1) is 6.26 Å². The molecule has 0 aromatic heterocycles. The Balaban J connectivity index is 1.83. The SMILES string of the molecule is CN1CC2(CC1=O)CN(C(=O)Nc1ccccc1)CCN(S(C)(=O)=O)C2. The number of rotatable bonds is 2. The Hall–Kier alpha value is -2.13. The van der Waals surface area contributed by atoms with Crippen LogP contribution in [0.3, 0.4) is 0 Å². The number of likely N-dealkylation sites (tertiary alicyclic amines) is 1. The van der Waals surface area contributed by atoms with Gasteiger partial charge >= 0.3 is 6.03 Å². The molecule has 2 saturated heterocycles. The molecule has 8 nitrogen and oxygen atoms in total. The van der Waals surface area contributed by atoms with E-state index in [2.05, 4.69) is 5.32 Å². The van der Waals surface area contributed by atoms with Crippen molar-refractivity contribution < 1.29 is 18.0 Å². The van der Waals surface area contributed by atoms with Crippen LogP contribution in [0.2, 0.25) is 0 Å². The Morgan fingerprint density at radius 2 is 1.81 bits per heavy atom. The molecule has 9 heteroatoms. The predicted octanol–water partition coefficient (Wildman–Crippen LogP) is 0.644. The smallest absolute Gasteiger partial charge is 0.321 e. The lowest BCUT2D eigenvalue weighted by Crippen LogP contribution is -2.45. The minimum Gasteiger partial charge on any atom is -0.345 e. The van der Waals surface area contributed by atoms with Gasteiger partial charge in [-0.3, -0.25) is 4.79 Å². The molecule has 2 aliphatic heterocycles. The van der Waals surface area contributed by atoms with Crippen molar-refractivity contribution in [1.82, 2.24) is 14.1 Å². The van der Waals surface area contributed by atoms with E-state index in [1.54, 1.807) is 29.0 Å². The first-order valence-corrected chi connectivity index (χ1v) is 10.3. The van der Waals surface area contributed by atoms with Crippen LogP contribution in [0.4, 0.5) is 10.5 Å². The van der Waals surface area contributed by atoms with E-state index in [9.17, 15) is 18.0 Å². The fourth-order valence-corrected chi connectivity index (χ4v) is 4.64. The number of hydrogen-bond acceptors (Lipinski definition) is 4. The van der Waals surface area contributed by atoms with Gasteiger partial charge < -0.3 is 15.1 Å². The van der Waals surface area contributed by atoms with Gasteiger partial charge in [0.2, 0.25) is 15.9 Å². The van der Waals surface area contributed by atoms with E-state index in [1.165, 1.54) is 10.6 Å². The maximum Gasteiger partial charge on any atom is 0.321 e. The molecule has 3 rings (SSSR count). The number of benzene rings is 1. The van der Waals surface area contributed by atoms with Crippen molar-refractivity contribution in [2.75, 3.05) is 51.3 Å². The molecular formula is C17H24N4O4S. The minimum absolute atomic E-state index is 0.0243. The van der Waals surface area contributed by atoms with E-state index in [0.717, 1.165) is 0 Å². The summed E-state index contributed by atoms with van der Waals surface area (Å²) in [5.41, 5.74) is 0.0924. The quantitative estimate of drug-likeness (QED) is 0.815. The molecule has 2 heterocycles. The van der Waals surface area contributed by atoms with Crippen LogP contribution in [0.5, 0.6) is 0 Å². The van der Waals surface area contributed by atoms with E-state index in [0.29, 0.717) is 18.8 Å². The molecule has 142 valence electrons. The first-order valence-electron chi connectivity index (χ1n) is 8.49. The Kier molecular flexibility index (Phi) is 4.94. The van der Waals surface area contributed by atoms with Gasteiger partial charge in [-0.2, -0.15) is 4.31 Å². The highest BCUT2D eigenvalue weighted by molar-refractivity contribution is 7.88. The summed E-state index contributed by atoms with van der Waals surface area (Å²) in [5, 5.41) is 2.84. The third kappa shape index (κ3) is 3.99. The number of nitrogens with one attached hydrogen (secondary N) is 1. The summed E-state index contributed by atoms with van der Waals surface area (Å²) >= 11 is 0. The third-order valence-corrected chi connectivity index (χ3v) is 6.21. The van der Waals surface area contributed by atoms with Crippen molar-refractivity contribution in [2.24, 2.45) is 5.41 Å². The van der Waals surface area contributed by atoms with Crippen molar-refractivity contribution in [1.29, 1.82) is 0 Å². The van der Waals surface area contributed by atoms with Crippen LogP contribution in [0, 0.1) is 5.41 Å². The van der Waals surface area contributed by atoms with E-state index in [-0.39, 0.29) is 38.0 Å². The number of sulfonamides is 1. The van der Waals surface area contributed by atoms with Crippen LogP contribution in [0.25, 0.3) is 0 Å². The van der Waals surface area contributed by atoms with Crippen molar-refractivity contribution in [3.8, 4) is 0 Å². The largest absolute Gasteiger partial charge is 0.345 e. The van der Waals surface area contributed by atoms with E-state index >= 15 is 0 Å². The number of nitrogens with zero attached hydrogens (tertiary/aromatic N) is 3. The van der Waals surface area contributed by atoms with E-state index < -0.39 is 15.4 Å². The van der Waals surface area contributed by atoms with Gasteiger partial charge in [0, 0.05) is 57.3 Å². The van der Waals surface area contributed by atoms with Gasteiger partial charge in [0.1, 0.15) is 0 Å². The summed E-state index contributed by atoms with van der Waals surface area (Å²) in [6.07, 6.45) is 1.41. The maximum atomic E-state index is 12.7. The zero-order valence-electron chi connectivity index (χ0n) is 15.0. The fraction of sp³-hybridized carbons (Fsp3) is 0.529. The van der Waals surface area contributed by atoms with Crippen molar-refractivity contribution in [3.05, 3.63) is 30.3 Å². The second-order valence-corrected chi connectivity index (χ2v) is 9.22. The Labute approximate surface area is 153 Å². The van der Waals surface area contributed by atoms with Crippen LogP contribution in [0.15, 0.2) is 30.3 Å². The molecule has 1 aromatic carbocycles. The standard InChI is InChI=1S/C17H24N4O4S/c1-19-11-17(10-15(19)22)12-20(8-9-21(13-17)26(2,24)25)16(23)18-14-6-4-3-5-7-14/h3-7H,8-13H2,1-2H3,(H,18,23). The number of anilines is 1. The zero-order valence-corrected chi connectivity index (χ0v) is 15.8. The lowest BCUT2D eigenvalue weighted by Gasteiger charge is -2.32. The summed E-state index contributed by atoms with van der Waals surface area (Å²) in [7, 11) is -1.70. The predicted molar refractivity (Wildman–Crippen MR) is 98.1 cm³/mol. The average Bonchev–Trinajstić information content (AvgIpc) is 2.73. The maximum absolute atomic E-state index is 12.7. The number of carbonyl (C=O) groups excluding carboxylic acids is 2. The number of urea groups is 1. The van der Waals surface area contributed by atoms with Gasteiger partial charge in [0.15, 0.2) is 0 Å². The molecule has 26 heavy (non-hydrogen) atoms. The molecule has 1 unspecified atom stereocenters. The fourth-order valence-electron chi connectivity index (χ4n) is 3.71. The van der Waals surface area contributed by atoms with Crippen LogP contribution < -0.4 is 5.32 Å². The molecule has 0 bridgehead atoms. The molecule has 0 saturated carbocycles. The lowest BCUT2D eigenvalue weighted by atomic mass is 9.86. The first-order chi connectivity index (χ1) is 12.2. The van der Waals surface area contributed by atoms with Crippen molar-refractivity contribution in [2.45, 2.75) is 6.42 Å². The van der Waals surface area contributed by atoms with Crippen LogP contribution in [0.1, 0.15) is 6.42 Å². The van der Waals surface area contributed by atoms with E-state index in [1.807, 2.05) is 18.2 Å². The van der Waals surface area contributed by atoms with Crippen molar-refractivity contribution in [3.63, 3.8) is 0 Å². The van der Waals surface area contributed by atoms with Gasteiger partial charge in [0.25, 0.3) is 0 Å².